The molecule has 3 rings (SSSR count). The Morgan fingerprint density at radius 1 is 0.923 bits per heavy atom. The second-order valence-corrected chi connectivity index (χ2v) is 7.72. The Labute approximate surface area is 154 Å². The number of hydrogen-bond acceptors (Lipinski definition) is 3. The number of benzene rings is 3. The van der Waals surface area contributed by atoms with E-state index in [1.807, 2.05) is 25.1 Å². The molecule has 0 unspecified atom stereocenters. The zero-order chi connectivity index (χ0) is 18.7. The molecule has 0 aliphatic heterocycles. The van der Waals surface area contributed by atoms with Crippen LogP contribution in [0.1, 0.15) is 25.0 Å². The predicted molar refractivity (Wildman–Crippen MR) is 107 cm³/mol. The van der Waals surface area contributed by atoms with Crippen molar-refractivity contribution in [3.05, 3.63) is 65.7 Å². The number of aryl methyl sites for hydroxylation is 2. The van der Waals surface area contributed by atoms with Gasteiger partial charge in [0.25, 0.3) is 10.0 Å². The van der Waals surface area contributed by atoms with Gasteiger partial charge in [0.2, 0.25) is 0 Å². The van der Waals surface area contributed by atoms with Crippen LogP contribution in [0.2, 0.25) is 0 Å². The van der Waals surface area contributed by atoms with Crippen LogP contribution < -0.4 is 9.46 Å². The van der Waals surface area contributed by atoms with Gasteiger partial charge in [0.1, 0.15) is 5.75 Å². The van der Waals surface area contributed by atoms with E-state index in [9.17, 15) is 8.42 Å². The van der Waals surface area contributed by atoms with E-state index in [0.29, 0.717) is 22.8 Å². The highest BCUT2D eigenvalue weighted by Gasteiger charge is 2.22. The van der Waals surface area contributed by atoms with Gasteiger partial charge >= 0.3 is 0 Å². The topological polar surface area (TPSA) is 55.4 Å². The first-order valence-corrected chi connectivity index (χ1v) is 10.2. The molecule has 0 fully saturated rings. The molecule has 0 amide bonds. The molecule has 3 aromatic rings. The van der Waals surface area contributed by atoms with E-state index in [0.717, 1.165) is 28.3 Å². The molecule has 136 valence electrons. The van der Waals surface area contributed by atoms with Crippen molar-refractivity contribution in [1.82, 2.24) is 0 Å². The van der Waals surface area contributed by atoms with E-state index in [1.54, 1.807) is 30.3 Å². The van der Waals surface area contributed by atoms with Crippen LogP contribution in [0.25, 0.3) is 10.8 Å². The van der Waals surface area contributed by atoms with E-state index < -0.39 is 10.0 Å². The lowest BCUT2D eigenvalue weighted by atomic mass is 9.96. The zero-order valence-electron chi connectivity index (χ0n) is 15.2. The quantitative estimate of drug-likeness (QED) is 0.681. The van der Waals surface area contributed by atoms with Crippen LogP contribution in [0, 0.1) is 0 Å². The third kappa shape index (κ3) is 3.27. The van der Waals surface area contributed by atoms with E-state index >= 15 is 0 Å². The minimum Gasteiger partial charge on any atom is -0.495 e. The standard InChI is InChI=1S/C21H23NO3S/c1-4-15-9-8-10-16-13-14-20(17(5-2)21(15)16)26(23,24)22-18-11-6-7-12-19(18)25-3/h6-14,22H,4-5H2,1-3H3. The molecule has 0 radical (unpaired) electrons. The number of methoxy groups -OCH3 is 1. The molecule has 26 heavy (non-hydrogen) atoms. The summed E-state index contributed by atoms with van der Waals surface area (Å²) in [5.41, 5.74) is 2.44. The van der Waals surface area contributed by atoms with Gasteiger partial charge in [-0.3, -0.25) is 4.72 Å². The Balaban J connectivity index is 2.17. The summed E-state index contributed by atoms with van der Waals surface area (Å²) in [6, 6.07) is 16.7. The van der Waals surface area contributed by atoms with E-state index in [4.69, 9.17) is 4.74 Å². The number of fused-ring (bicyclic) bond motifs is 1. The Bertz CT molecular complexity index is 1040. The van der Waals surface area contributed by atoms with Gasteiger partial charge in [0, 0.05) is 0 Å². The molecule has 0 saturated heterocycles. The van der Waals surface area contributed by atoms with Crippen molar-refractivity contribution in [2.75, 3.05) is 11.8 Å². The Morgan fingerprint density at radius 2 is 1.69 bits per heavy atom. The number of rotatable bonds is 6. The highest BCUT2D eigenvalue weighted by atomic mass is 32.2. The SMILES string of the molecule is CCc1cccc2ccc(S(=O)(=O)Nc3ccccc3OC)c(CC)c12. The van der Waals surface area contributed by atoms with Crippen LogP contribution in [0.3, 0.4) is 0 Å². The Morgan fingerprint density at radius 3 is 2.38 bits per heavy atom. The zero-order valence-corrected chi connectivity index (χ0v) is 16.1. The molecule has 4 nitrogen and oxygen atoms in total. The van der Waals surface area contributed by atoms with Gasteiger partial charge in [-0.25, -0.2) is 8.42 Å². The summed E-state index contributed by atoms with van der Waals surface area (Å²) in [4.78, 5) is 0.319. The van der Waals surface area contributed by atoms with Crippen LogP contribution in [0.5, 0.6) is 5.75 Å². The van der Waals surface area contributed by atoms with Gasteiger partial charge in [0.15, 0.2) is 0 Å². The second kappa shape index (κ2) is 7.38. The van der Waals surface area contributed by atoms with Crippen molar-refractivity contribution in [3.8, 4) is 5.75 Å². The Kier molecular flexibility index (Phi) is 5.18. The van der Waals surface area contributed by atoms with Crippen molar-refractivity contribution < 1.29 is 13.2 Å². The number of ether oxygens (including phenoxy) is 1. The lowest BCUT2D eigenvalue weighted by Crippen LogP contribution is -2.16. The molecule has 0 bridgehead atoms. The highest BCUT2D eigenvalue weighted by molar-refractivity contribution is 7.92. The smallest absolute Gasteiger partial charge is 0.262 e. The highest BCUT2D eigenvalue weighted by Crippen LogP contribution is 2.32. The summed E-state index contributed by atoms with van der Waals surface area (Å²) in [7, 11) is -2.21. The molecular formula is C21H23NO3S. The molecule has 0 spiro atoms. The lowest BCUT2D eigenvalue weighted by Gasteiger charge is -2.17. The summed E-state index contributed by atoms with van der Waals surface area (Å²) in [6.45, 7) is 4.08. The van der Waals surface area contributed by atoms with Gasteiger partial charge in [-0.15, -0.1) is 0 Å². The van der Waals surface area contributed by atoms with Crippen molar-refractivity contribution in [1.29, 1.82) is 0 Å². The summed E-state index contributed by atoms with van der Waals surface area (Å²) in [5.74, 6) is 0.490. The van der Waals surface area contributed by atoms with Crippen molar-refractivity contribution in [2.24, 2.45) is 0 Å². The van der Waals surface area contributed by atoms with Gasteiger partial charge < -0.3 is 4.74 Å². The maximum Gasteiger partial charge on any atom is 0.262 e. The van der Waals surface area contributed by atoms with Crippen LogP contribution in [-0.4, -0.2) is 15.5 Å². The number of hydrogen-bond donors (Lipinski definition) is 1. The largest absolute Gasteiger partial charge is 0.495 e. The molecule has 1 N–H and O–H groups in total. The summed E-state index contributed by atoms with van der Waals surface area (Å²) >= 11 is 0. The molecule has 0 aliphatic carbocycles. The first-order chi connectivity index (χ1) is 12.5. The molecule has 0 aromatic heterocycles. The van der Waals surface area contributed by atoms with Crippen molar-refractivity contribution >= 4 is 26.5 Å². The first kappa shape index (κ1) is 18.3. The maximum atomic E-state index is 13.1. The average molecular weight is 369 g/mol. The minimum atomic E-state index is -3.74. The van der Waals surface area contributed by atoms with E-state index in [2.05, 4.69) is 17.7 Å². The van der Waals surface area contributed by atoms with Crippen LogP contribution >= 0.6 is 0 Å². The lowest BCUT2D eigenvalue weighted by molar-refractivity contribution is 0.417. The van der Waals surface area contributed by atoms with Crippen LogP contribution in [0.4, 0.5) is 5.69 Å². The second-order valence-electron chi connectivity index (χ2n) is 6.07. The predicted octanol–water partition coefficient (Wildman–Crippen LogP) is 4.77. The molecule has 0 heterocycles. The molecular weight excluding hydrogens is 346 g/mol. The summed E-state index contributed by atoms with van der Waals surface area (Å²) < 4.78 is 34.2. The number of sulfonamides is 1. The van der Waals surface area contributed by atoms with E-state index in [-0.39, 0.29) is 0 Å². The van der Waals surface area contributed by atoms with Crippen molar-refractivity contribution in [2.45, 2.75) is 31.6 Å². The molecule has 5 heteroatoms. The monoisotopic (exact) mass is 369 g/mol. The molecule has 0 saturated carbocycles. The van der Waals surface area contributed by atoms with Gasteiger partial charge in [0.05, 0.1) is 17.7 Å². The molecule has 0 aliphatic rings. The fourth-order valence-electron chi connectivity index (χ4n) is 3.34. The normalized spacial score (nSPS) is 11.5. The number of nitrogens with one attached hydrogen (secondary N) is 1. The van der Waals surface area contributed by atoms with E-state index in [1.165, 1.54) is 7.11 Å². The van der Waals surface area contributed by atoms with Gasteiger partial charge in [-0.2, -0.15) is 0 Å². The number of anilines is 1. The van der Waals surface area contributed by atoms with Crippen LogP contribution in [0.15, 0.2) is 59.5 Å². The number of para-hydroxylation sites is 2. The third-order valence-electron chi connectivity index (χ3n) is 4.57. The fourth-order valence-corrected chi connectivity index (χ4v) is 4.73. The fraction of sp³-hybridized carbons (Fsp3) is 0.238. The first-order valence-electron chi connectivity index (χ1n) is 8.71. The molecule has 0 atom stereocenters. The minimum absolute atomic E-state index is 0.319. The average Bonchev–Trinajstić information content (AvgIpc) is 2.66. The molecule has 3 aromatic carbocycles. The van der Waals surface area contributed by atoms with Crippen molar-refractivity contribution in [3.63, 3.8) is 0 Å². The maximum absolute atomic E-state index is 13.1. The Hall–Kier alpha value is -2.53. The third-order valence-corrected chi connectivity index (χ3v) is 6.02. The van der Waals surface area contributed by atoms with Gasteiger partial charge in [-0.05, 0) is 52.9 Å². The van der Waals surface area contributed by atoms with Crippen LogP contribution in [-0.2, 0) is 22.9 Å². The van der Waals surface area contributed by atoms with Gasteiger partial charge in [-0.1, -0.05) is 50.2 Å². The summed E-state index contributed by atoms with van der Waals surface area (Å²) in [5, 5.41) is 2.11. The summed E-state index contributed by atoms with van der Waals surface area (Å²) in [6.07, 6.45) is 1.49.